The summed E-state index contributed by atoms with van der Waals surface area (Å²) >= 11 is 0. The number of aromatic nitrogens is 1. The van der Waals surface area contributed by atoms with E-state index < -0.39 is 42.0 Å². The van der Waals surface area contributed by atoms with E-state index in [0.717, 1.165) is 49.5 Å². The molecule has 1 saturated carbocycles. The molecule has 11 nitrogen and oxygen atoms in total. The highest BCUT2D eigenvalue weighted by Crippen LogP contribution is 2.50. The molecule has 1 aliphatic heterocycles. The number of pyridine rings is 1. The van der Waals surface area contributed by atoms with E-state index >= 15 is 0 Å². The molecule has 2 heterocycles. The summed E-state index contributed by atoms with van der Waals surface area (Å²) in [6.07, 6.45) is 6.70. The molecular formula is C29H34N2O9. The smallest absolute Gasteiger partial charge is 0.336 e. The fraction of sp³-hybridized carbons (Fsp3) is 0.448. The molecule has 0 radical (unpaired) electrons. The Labute approximate surface area is 232 Å². The lowest BCUT2D eigenvalue weighted by Gasteiger charge is -2.30. The number of benzene rings is 1. The minimum absolute atomic E-state index is 0.244. The van der Waals surface area contributed by atoms with Gasteiger partial charge < -0.3 is 30.3 Å². The summed E-state index contributed by atoms with van der Waals surface area (Å²) in [4.78, 5) is 37.5. The van der Waals surface area contributed by atoms with E-state index in [2.05, 4.69) is 27.9 Å². The number of likely N-dealkylation sites (tertiary alicyclic amines) is 1. The van der Waals surface area contributed by atoms with Crippen LogP contribution in [0.25, 0.3) is 0 Å². The van der Waals surface area contributed by atoms with Crippen molar-refractivity contribution < 1.29 is 44.7 Å². The number of hydrogen-bond donors (Lipinski definition) is 5. The van der Waals surface area contributed by atoms with Gasteiger partial charge in [0, 0.05) is 31.7 Å². The van der Waals surface area contributed by atoms with Gasteiger partial charge in [0.1, 0.15) is 18.0 Å². The SMILES string of the molecule is C#CCOc1cccc(CN2C[C@@H]3CC[C@@](O)(c4ccc(C)cn4)[C@@H]3C2)c1.O=C(O)CC(O)(CC(=O)O)C(=O)O. The number of aryl methyl sites for hydroxylation is 1. The molecule has 1 aromatic carbocycles. The van der Waals surface area contributed by atoms with Gasteiger partial charge in [-0.05, 0) is 55.0 Å². The predicted octanol–water partition coefficient (Wildman–Crippen LogP) is 1.88. The van der Waals surface area contributed by atoms with Gasteiger partial charge in [-0.3, -0.25) is 19.5 Å². The summed E-state index contributed by atoms with van der Waals surface area (Å²) in [5, 5.41) is 45.2. The number of hydrogen-bond acceptors (Lipinski definition) is 8. The number of carboxylic acids is 3. The number of fused-ring (bicyclic) bond motifs is 1. The molecule has 0 bridgehead atoms. The van der Waals surface area contributed by atoms with Crippen molar-refractivity contribution in [2.75, 3.05) is 19.7 Å². The molecule has 1 saturated heterocycles. The largest absolute Gasteiger partial charge is 0.481 e. The van der Waals surface area contributed by atoms with Crippen molar-refractivity contribution in [3.05, 3.63) is 59.4 Å². The zero-order valence-corrected chi connectivity index (χ0v) is 22.2. The van der Waals surface area contributed by atoms with Crippen molar-refractivity contribution >= 4 is 17.9 Å². The first-order valence-corrected chi connectivity index (χ1v) is 12.8. The standard InChI is InChI=1S/C23H26N2O2.C6H8O7/c1-3-11-27-20-6-4-5-18(12-20)14-25-15-19-9-10-23(26,21(19)16-25)22-8-7-17(2)13-24-22;7-3(8)1-6(13,5(11)12)2-4(9)10/h1,4-8,12-13,19,21,26H,9-11,14-16H2,2H3;13H,1-2H2,(H,7,8)(H,9,10)(H,11,12)/t19-,21+,23-;/m0./s1. The van der Waals surface area contributed by atoms with Crippen molar-refractivity contribution in [2.45, 2.75) is 50.4 Å². The minimum Gasteiger partial charge on any atom is -0.481 e. The second-order valence-electron chi connectivity index (χ2n) is 10.4. The summed E-state index contributed by atoms with van der Waals surface area (Å²) in [7, 11) is 0. The van der Waals surface area contributed by atoms with E-state index in [1.807, 2.05) is 37.4 Å². The van der Waals surface area contributed by atoms with Gasteiger partial charge in [-0.25, -0.2) is 4.79 Å². The van der Waals surface area contributed by atoms with Crippen molar-refractivity contribution in [2.24, 2.45) is 11.8 Å². The van der Waals surface area contributed by atoms with Gasteiger partial charge in [-0.15, -0.1) is 6.42 Å². The first kappa shape index (κ1) is 30.6. The Morgan fingerprint density at radius 1 is 1.15 bits per heavy atom. The zero-order valence-electron chi connectivity index (χ0n) is 22.2. The second-order valence-corrected chi connectivity index (χ2v) is 10.4. The maximum atomic E-state index is 11.4. The number of terminal acetylenes is 1. The van der Waals surface area contributed by atoms with Crippen LogP contribution in [0.1, 0.15) is 42.5 Å². The van der Waals surface area contributed by atoms with Gasteiger partial charge in [0.15, 0.2) is 5.60 Å². The lowest BCUT2D eigenvalue weighted by Crippen LogP contribution is -2.42. The predicted molar refractivity (Wildman–Crippen MR) is 142 cm³/mol. The van der Waals surface area contributed by atoms with Crippen LogP contribution >= 0.6 is 0 Å². The number of nitrogens with zero attached hydrogens (tertiary/aromatic N) is 2. The molecule has 11 heteroatoms. The van der Waals surface area contributed by atoms with Gasteiger partial charge in [0.2, 0.25) is 0 Å². The highest BCUT2D eigenvalue weighted by Gasteiger charge is 2.53. The summed E-state index contributed by atoms with van der Waals surface area (Å²) in [5.74, 6) is -0.940. The molecule has 2 aliphatic rings. The summed E-state index contributed by atoms with van der Waals surface area (Å²) in [6, 6.07) is 12.1. The number of aliphatic hydroxyl groups is 2. The summed E-state index contributed by atoms with van der Waals surface area (Å²) in [5.41, 5.74) is -0.381. The van der Waals surface area contributed by atoms with E-state index in [4.69, 9.17) is 31.6 Å². The number of carboxylic acid groups (broad SMARTS) is 3. The third-order valence-electron chi connectivity index (χ3n) is 7.29. The van der Waals surface area contributed by atoms with Crippen molar-refractivity contribution in [1.29, 1.82) is 0 Å². The van der Waals surface area contributed by atoms with Gasteiger partial charge in [0.05, 0.1) is 18.5 Å². The second kappa shape index (κ2) is 12.9. The van der Waals surface area contributed by atoms with Crippen LogP contribution in [0.2, 0.25) is 0 Å². The van der Waals surface area contributed by atoms with Crippen molar-refractivity contribution in [3.63, 3.8) is 0 Å². The third kappa shape index (κ3) is 7.57. The van der Waals surface area contributed by atoms with Gasteiger partial charge >= 0.3 is 17.9 Å². The van der Waals surface area contributed by atoms with E-state index in [9.17, 15) is 19.5 Å². The van der Waals surface area contributed by atoms with Gasteiger partial charge in [-0.2, -0.15) is 0 Å². The molecule has 4 rings (SSSR count). The molecule has 0 amide bonds. The minimum atomic E-state index is -2.74. The average Bonchev–Trinajstić information content (AvgIpc) is 3.42. The summed E-state index contributed by atoms with van der Waals surface area (Å²) in [6.45, 7) is 5.09. The Morgan fingerprint density at radius 3 is 2.42 bits per heavy atom. The fourth-order valence-corrected chi connectivity index (χ4v) is 5.39. The number of rotatable bonds is 10. The van der Waals surface area contributed by atoms with Crippen LogP contribution in [-0.2, 0) is 26.5 Å². The molecule has 3 atom stereocenters. The molecule has 0 spiro atoms. The fourth-order valence-electron chi connectivity index (χ4n) is 5.39. The monoisotopic (exact) mass is 554 g/mol. The molecule has 0 unspecified atom stereocenters. The number of carbonyl (C=O) groups is 3. The molecule has 5 N–H and O–H groups in total. The Bertz CT molecular complexity index is 1240. The zero-order chi connectivity index (χ0) is 29.5. The van der Waals surface area contributed by atoms with E-state index in [1.165, 1.54) is 5.56 Å². The van der Waals surface area contributed by atoms with Crippen LogP contribution < -0.4 is 4.74 Å². The Morgan fingerprint density at radius 2 is 1.85 bits per heavy atom. The van der Waals surface area contributed by atoms with E-state index in [1.54, 1.807) is 0 Å². The van der Waals surface area contributed by atoms with Crippen LogP contribution in [0, 0.1) is 31.1 Å². The highest BCUT2D eigenvalue weighted by atomic mass is 16.5. The van der Waals surface area contributed by atoms with Crippen LogP contribution in [0.4, 0.5) is 0 Å². The molecule has 2 fully saturated rings. The first-order valence-electron chi connectivity index (χ1n) is 12.8. The molecule has 40 heavy (non-hydrogen) atoms. The number of ether oxygens (including phenoxy) is 1. The van der Waals surface area contributed by atoms with Crippen molar-refractivity contribution in [3.8, 4) is 18.1 Å². The van der Waals surface area contributed by atoms with Crippen LogP contribution in [-0.4, -0.2) is 78.6 Å². The highest BCUT2D eigenvalue weighted by molar-refractivity contribution is 5.88. The molecule has 1 aromatic heterocycles. The van der Waals surface area contributed by atoms with E-state index in [0.29, 0.717) is 5.92 Å². The van der Waals surface area contributed by atoms with Crippen LogP contribution in [0.15, 0.2) is 42.6 Å². The average molecular weight is 555 g/mol. The quantitative estimate of drug-likeness (QED) is 0.271. The summed E-state index contributed by atoms with van der Waals surface area (Å²) < 4.78 is 5.53. The van der Waals surface area contributed by atoms with Crippen LogP contribution in [0.5, 0.6) is 5.75 Å². The van der Waals surface area contributed by atoms with Gasteiger partial charge in [-0.1, -0.05) is 24.1 Å². The lowest BCUT2D eigenvalue weighted by atomic mass is 9.85. The Hall–Kier alpha value is -3.98. The first-order chi connectivity index (χ1) is 18.9. The normalized spacial score (nSPS) is 21.9. The number of aliphatic carboxylic acids is 3. The van der Waals surface area contributed by atoms with E-state index in [-0.39, 0.29) is 12.5 Å². The molecular weight excluding hydrogens is 520 g/mol. The maximum absolute atomic E-state index is 11.4. The lowest BCUT2D eigenvalue weighted by molar-refractivity contribution is -0.170. The topological polar surface area (TPSA) is 178 Å². The third-order valence-corrected chi connectivity index (χ3v) is 7.29. The van der Waals surface area contributed by atoms with Gasteiger partial charge in [0.25, 0.3) is 0 Å². The Balaban J connectivity index is 0.000000289. The molecule has 2 aromatic rings. The molecule has 1 aliphatic carbocycles. The molecule has 214 valence electrons. The van der Waals surface area contributed by atoms with Crippen LogP contribution in [0.3, 0.4) is 0 Å². The Kier molecular flexibility index (Phi) is 9.87. The van der Waals surface area contributed by atoms with Crippen molar-refractivity contribution in [1.82, 2.24) is 9.88 Å². The maximum Gasteiger partial charge on any atom is 0.336 e.